The van der Waals surface area contributed by atoms with Gasteiger partial charge in [0.2, 0.25) is 5.91 Å². The molecule has 3 aliphatic rings. The smallest absolute Gasteiger partial charge is 0.258 e. The highest BCUT2D eigenvalue weighted by atomic mass is 35.5. The van der Waals surface area contributed by atoms with Crippen molar-refractivity contribution in [3.05, 3.63) is 94.0 Å². The maximum atomic E-state index is 13.5. The zero-order valence-corrected chi connectivity index (χ0v) is 22.0. The van der Waals surface area contributed by atoms with Crippen LogP contribution in [0.1, 0.15) is 65.6 Å². The number of carbonyl (C=O) groups excluding carboxylic acids is 2. The van der Waals surface area contributed by atoms with Crippen molar-refractivity contribution >= 4 is 34.8 Å². The van der Waals surface area contributed by atoms with E-state index in [1.54, 1.807) is 0 Å². The van der Waals surface area contributed by atoms with Crippen LogP contribution in [0.2, 0.25) is 5.02 Å². The molecular formula is C31H32ClN3O2. The summed E-state index contributed by atoms with van der Waals surface area (Å²) in [5.74, 6) is 0.474. The van der Waals surface area contributed by atoms with Gasteiger partial charge in [0.25, 0.3) is 5.91 Å². The van der Waals surface area contributed by atoms with Gasteiger partial charge in [-0.3, -0.25) is 9.59 Å². The van der Waals surface area contributed by atoms with Crippen molar-refractivity contribution in [1.82, 2.24) is 5.32 Å². The van der Waals surface area contributed by atoms with Crippen LogP contribution in [0.4, 0.5) is 11.4 Å². The molecule has 1 saturated carbocycles. The molecule has 2 fully saturated rings. The molecule has 3 N–H and O–H groups in total. The van der Waals surface area contributed by atoms with Crippen LogP contribution < -0.4 is 16.0 Å². The van der Waals surface area contributed by atoms with Crippen molar-refractivity contribution in [2.75, 3.05) is 17.2 Å². The van der Waals surface area contributed by atoms with E-state index in [-0.39, 0.29) is 35.6 Å². The molecule has 6 heteroatoms. The largest absolute Gasteiger partial charge is 0.398 e. The number of nitrogens with one attached hydrogen (secondary N) is 1. The number of amides is 2. The highest BCUT2D eigenvalue weighted by molar-refractivity contribution is 6.30. The summed E-state index contributed by atoms with van der Waals surface area (Å²) in [6, 6.07) is 21.9. The van der Waals surface area contributed by atoms with E-state index in [1.165, 1.54) is 11.1 Å². The van der Waals surface area contributed by atoms with Crippen LogP contribution in [0.25, 0.3) is 0 Å². The summed E-state index contributed by atoms with van der Waals surface area (Å²) in [6.07, 6.45) is 2.51. The Morgan fingerprint density at radius 2 is 1.86 bits per heavy atom. The van der Waals surface area contributed by atoms with E-state index in [4.69, 9.17) is 17.3 Å². The highest BCUT2D eigenvalue weighted by Gasteiger charge is 2.57. The summed E-state index contributed by atoms with van der Waals surface area (Å²) in [7, 11) is 0. The molecule has 37 heavy (non-hydrogen) atoms. The normalized spacial score (nSPS) is 28.5. The zero-order chi connectivity index (χ0) is 25.9. The van der Waals surface area contributed by atoms with Gasteiger partial charge in [0.1, 0.15) is 0 Å². The molecule has 1 saturated heterocycles. The van der Waals surface area contributed by atoms with Crippen LogP contribution >= 0.6 is 11.6 Å². The topological polar surface area (TPSA) is 75.4 Å². The van der Waals surface area contributed by atoms with Crippen LogP contribution in [0.5, 0.6) is 0 Å². The summed E-state index contributed by atoms with van der Waals surface area (Å²) < 4.78 is 0. The van der Waals surface area contributed by atoms with Crippen LogP contribution in [-0.2, 0) is 11.2 Å². The summed E-state index contributed by atoms with van der Waals surface area (Å²) >= 11 is 6.23. The van der Waals surface area contributed by atoms with Crippen molar-refractivity contribution in [3.63, 3.8) is 0 Å². The van der Waals surface area contributed by atoms with E-state index >= 15 is 0 Å². The second-order valence-corrected chi connectivity index (χ2v) is 11.5. The van der Waals surface area contributed by atoms with Crippen molar-refractivity contribution in [2.45, 2.75) is 51.0 Å². The van der Waals surface area contributed by atoms with Gasteiger partial charge in [-0.25, -0.2) is 0 Å². The summed E-state index contributed by atoms with van der Waals surface area (Å²) in [4.78, 5) is 28.3. The summed E-state index contributed by atoms with van der Waals surface area (Å²) in [5.41, 5.74) is 11.9. The first kappa shape index (κ1) is 24.1. The number of nitrogens with zero attached hydrogens (tertiary/aromatic N) is 1. The number of rotatable bonds is 3. The molecule has 190 valence electrons. The highest BCUT2D eigenvalue weighted by Crippen LogP contribution is 2.59. The molecule has 1 aliphatic carbocycles. The lowest BCUT2D eigenvalue weighted by Crippen LogP contribution is -2.42. The minimum absolute atomic E-state index is 0.0205. The van der Waals surface area contributed by atoms with E-state index in [9.17, 15) is 9.59 Å². The van der Waals surface area contributed by atoms with E-state index in [1.807, 2.05) is 53.4 Å². The lowest BCUT2D eigenvalue weighted by molar-refractivity contribution is -0.129. The third kappa shape index (κ3) is 3.83. The maximum Gasteiger partial charge on any atom is 0.258 e. The fourth-order valence-electron chi connectivity index (χ4n) is 7.26. The van der Waals surface area contributed by atoms with Crippen molar-refractivity contribution < 1.29 is 9.59 Å². The summed E-state index contributed by atoms with van der Waals surface area (Å²) in [6.45, 7) is 4.90. The number of anilines is 2. The predicted molar refractivity (Wildman–Crippen MR) is 148 cm³/mol. The Balaban J connectivity index is 1.36. The molecule has 0 unspecified atom stereocenters. The van der Waals surface area contributed by atoms with Gasteiger partial charge >= 0.3 is 0 Å². The van der Waals surface area contributed by atoms with Crippen molar-refractivity contribution in [3.8, 4) is 0 Å². The minimum atomic E-state index is -0.423. The molecule has 2 amide bonds. The quantitative estimate of drug-likeness (QED) is 0.426. The van der Waals surface area contributed by atoms with Crippen LogP contribution in [0.3, 0.4) is 0 Å². The first-order valence-corrected chi connectivity index (χ1v) is 13.5. The fraction of sp³-hybridized carbons (Fsp3) is 0.355. The van der Waals surface area contributed by atoms with E-state index in [2.05, 4.69) is 37.4 Å². The number of fused-ring (bicyclic) bond motifs is 2. The number of nitrogens with two attached hydrogens (primary N) is 1. The molecule has 2 aliphatic heterocycles. The Hall–Kier alpha value is -3.31. The van der Waals surface area contributed by atoms with Crippen LogP contribution in [0.15, 0.2) is 66.7 Å². The van der Waals surface area contributed by atoms with Crippen LogP contribution in [0, 0.1) is 11.3 Å². The number of carbonyl (C=O) groups is 2. The Bertz CT molecular complexity index is 1390. The maximum absolute atomic E-state index is 13.5. The molecule has 3 aromatic rings. The Morgan fingerprint density at radius 3 is 2.62 bits per heavy atom. The van der Waals surface area contributed by atoms with Gasteiger partial charge in [-0.15, -0.1) is 0 Å². The second-order valence-electron chi connectivity index (χ2n) is 11.1. The monoisotopic (exact) mass is 513 g/mol. The van der Waals surface area contributed by atoms with Gasteiger partial charge in [-0.2, -0.15) is 0 Å². The first-order valence-electron chi connectivity index (χ1n) is 13.1. The van der Waals surface area contributed by atoms with Gasteiger partial charge in [-0.1, -0.05) is 54.9 Å². The Morgan fingerprint density at radius 1 is 1.11 bits per heavy atom. The number of hydrogen-bond donors (Lipinski definition) is 2. The number of para-hydroxylation sites is 1. The number of halogens is 1. The molecule has 0 radical (unpaired) electrons. The minimum Gasteiger partial charge on any atom is -0.398 e. The molecule has 3 aromatic carbocycles. The van der Waals surface area contributed by atoms with Gasteiger partial charge in [0.15, 0.2) is 0 Å². The number of hydrogen-bond acceptors (Lipinski definition) is 3. The SMILES string of the molecule is C[C@H]1NC(=O)[C@]2(C)CC[C@@H](c3ccc(C(=O)N4CCc5ccccc54)cc3N)[C@H](c3ccc(Cl)cc3)[C@H]12. The molecule has 0 bridgehead atoms. The molecule has 0 aromatic heterocycles. The van der Waals surface area contributed by atoms with Gasteiger partial charge in [-0.05, 0) is 85.0 Å². The Labute approximate surface area is 223 Å². The number of nitrogen functional groups attached to an aromatic ring is 1. The molecule has 6 rings (SSSR count). The average molecular weight is 514 g/mol. The zero-order valence-electron chi connectivity index (χ0n) is 21.2. The van der Waals surface area contributed by atoms with Gasteiger partial charge in [0.05, 0.1) is 5.41 Å². The third-order valence-electron chi connectivity index (χ3n) is 9.07. The number of benzene rings is 3. The third-order valence-corrected chi connectivity index (χ3v) is 9.32. The van der Waals surface area contributed by atoms with E-state index < -0.39 is 5.41 Å². The second kappa shape index (κ2) is 8.91. The van der Waals surface area contributed by atoms with Gasteiger partial charge < -0.3 is 16.0 Å². The Kier molecular flexibility index (Phi) is 5.79. The molecule has 2 heterocycles. The molecule has 5 atom stereocenters. The summed E-state index contributed by atoms with van der Waals surface area (Å²) in [5, 5.41) is 3.91. The lowest BCUT2D eigenvalue weighted by Gasteiger charge is -2.46. The average Bonchev–Trinajstić information content (AvgIpc) is 3.42. The molecular weight excluding hydrogens is 482 g/mol. The fourth-order valence-corrected chi connectivity index (χ4v) is 7.39. The molecule has 0 spiro atoms. The van der Waals surface area contributed by atoms with Crippen LogP contribution in [-0.4, -0.2) is 24.4 Å². The molecule has 5 nitrogen and oxygen atoms in total. The van der Waals surface area contributed by atoms with Crippen molar-refractivity contribution in [1.29, 1.82) is 0 Å². The van der Waals surface area contributed by atoms with Crippen molar-refractivity contribution in [2.24, 2.45) is 11.3 Å². The lowest BCUT2D eigenvalue weighted by atomic mass is 9.55. The van der Waals surface area contributed by atoms with E-state index in [0.29, 0.717) is 22.8 Å². The van der Waals surface area contributed by atoms with E-state index in [0.717, 1.165) is 30.5 Å². The first-order chi connectivity index (χ1) is 17.8. The predicted octanol–water partition coefficient (Wildman–Crippen LogP) is 5.93. The standard InChI is InChI=1S/C31H32ClN3O2/c1-18-28-27(20-7-10-22(32)11-8-20)24(13-15-31(28,2)30(37)34-18)23-12-9-21(17-25(23)33)29(36)35-16-14-19-5-3-4-6-26(19)35/h3-12,17-18,24,27-28H,13-16,33H2,1-2H3,(H,34,37)/t18-,24+,27+,28+,31-/m1/s1. The van der Waals surface area contributed by atoms with Gasteiger partial charge in [0, 0.05) is 40.5 Å².